The molecule has 108 valence electrons. The molecular formula is C15H21N3O2. The molecule has 0 aliphatic carbocycles. The van der Waals surface area contributed by atoms with E-state index in [0.717, 1.165) is 5.69 Å². The van der Waals surface area contributed by atoms with E-state index in [2.05, 4.69) is 16.4 Å². The third-order valence-corrected chi connectivity index (χ3v) is 3.98. The van der Waals surface area contributed by atoms with Gasteiger partial charge in [0.1, 0.15) is 6.07 Å². The molecule has 0 fully saturated rings. The van der Waals surface area contributed by atoms with Crippen LogP contribution in [0.15, 0.2) is 6.07 Å². The molecule has 0 saturated heterocycles. The molecule has 20 heavy (non-hydrogen) atoms. The highest BCUT2D eigenvalue weighted by Crippen LogP contribution is 2.35. The summed E-state index contributed by atoms with van der Waals surface area (Å²) < 4.78 is 0. The number of carboxylic acid groups (broad SMARTS) is 1. The van der Waals surface area contributed by atoms with Crippen molar-refractivity contribution in [2.45, 2.75) is 47.1 Å². The van der Waals surface area contributed by atoms with Gasteiger partial charge >= 0.3 is 5.97 Å². The monoisotopic (exact) mass is 275 g/mol. The van der Waals surface area contributed by atoms with Crippen molar-refractivity contribution in [1.29, 1.82) is 5.26 Å². The van der Waals surface area contributed by atoms with Crippen LogP contribution >= 0.6 is 0 Å². The highest BCUT2D eigenvalue weighted by molar-refractivity contribution is 5.77. The molecule has 0 spiro atoms. The number of aliphatic carboxylic acids is 1. The van der Waals surface area contributed by atoms with Crippen molar-refractivity contribution in [3.63, 3.8) is 0 Å². The van der Waals surface area contributed by atoms with E-state index in [0.29, 0.717) is 16.9 Å². The molecule has 5 heteroatoms. The predicted molar refractivity (Wildman–Crippen MR) is 77.5 cm³/mol. The van der Waals surface area contributed by atoms with Crippen molar-refractivity contribution in [2.24, 2.45) is 5.41 Å². The van der Waals surface area contributed by atoms with Gasteiger partial charge in [-0.1, -0.05) is 0 Å². The molecular weight excluding hydrogens is 254 g/mol. The molecule has 0 aromatic carbocycles. The van der Waals surface area contributed by atoms with E-state index in [-0.39, 0.29) is 0 Å². The Morgan fingerprint density at radius 1 is 1.35 bits per heavy atom. The van der Waals surface area contributed by atoms with Gasteiger partial charge in [-0.05, 0) is 47.6 Å². The molecule has 5 nitrogen and oxygen atoms in total. The Balaban J connectivity index is 3.30. The zero-order valence-electron chi connectivity index (χ0n) is 12.8. The summed E-state index contributed by atoms with van der Waals surface area (Å²) in [5.74, 6) is -0.893. The summed E-state index contributed by atoms with van der Waals surface area (Å²) in [5, 5.41) is 21.8. The molecule has 0 bridgehead atoms. The normalized spacial score (nSPS) is 11.8. The first-order chi connectivity index (χ1) is 9.02. The van der Waals surface area contributed by atoms with Gasteiger partial charge in [-0.2, -0.15) is 5.26 Å². The third kappa shape index (κ3) is 2.74. The molecule has 0 unspecified atom stereocenters. The van der Waals surface area contributed by atoms with Gasteiger partial charge in [-0.25, -0.2) is 0 Å². The number of nitrogens with zero attached hydrogens (tertiary/aromatic N) is 2. The van der Waals surface area contributed by atoms with Crippen molar-refractivity contribution in [3.8, 4) is 6.07 Å². The highest BCUT2D eigenvalue weighted by atomic mass is 16.4. The van der Waals surface area contributed by atoms with Crippen molar-refractivity contribution in [2.75, 3.05) is 5.32 Å². The molecule has 0 amide bonds. The Kier molecular flexibility index (Phi) is 4.09. The van der Waals surface area contributed by atoms with Crippen LogP contribution < -0.4 is 5.32 Å². The molecule has 1 aromatic rings. The van der Waals surface area contributed by atoms with E-state index in [1.54, 1.807) is 26.8 Å². The zero-order chi connectivity index (χ0) is 15.7. The summed E-state index contributed by atoms with van der Waals surface area (Å²) in [7, 11) is 0. The predicted octanol–water partition coefficient (Wildman–Crippen LogP) is 2.87. The Hall–Kier alpha value is -2.09. The van der Waals surface area contributed by atoms with Crippen molar-refractivity contribution >= 4 is 11.7 Å². The Morgan fingerprint density at radius 3 is 2.35 bits per heavy atom. The maximum atomic E-state index is 11.4. The summed E-state index contributed by atoms with van der Waals surface area (Å²) in [6, 6.07) is 3.89. The molecule has 1 rings (SSSR count). The average molecular weight is 275 g/mol. The van der Waals surface area contributed by atoms with E-state index in [4.69, 9.17) is 0 Å². The number of rotatable bonds is 4. The number of aryl methyl sites for hydroxylation is 2. The van der Waals surface area contributed by atoms with Gasteiger partial charge in [0.15, 0.2) is 0 Å². The van der Waals surface area contributed by atoms with Crippen molar-refractivity contribution in [3.05, 3.63) is 23.0 Å². The minimum Gasteiger partial charge on any atom is -0.481 e. The molecule has 2 N–H and O–H groups in total. The van der Waals surface area contributed by atoms with Gasteiger partial charge in [0.05, 0.1) is 22.4 Å². The fourth-order valence-corrected chi connectivity index (χ4v) is 1.83. The minimum atomic E-state index is -0.995. The number of carboxylic acids is 1. The molecule has 1 heterocycles. The first-order valence-electron chi connectivity index (χ1n) is 6.43. The number of hydrogen-bond acceptors (Lipinski definition) is 4. The highest BCUT2D eigenvalue weighted by Gasteiger charge is 2.43. The van der Waals surface area contributed by atoms with E-state index in [1.165, 1.54) is 0 Å². The lowest BCUT2D eigenvalue weighted by atomic mass is 9.74. The molecule has 0 saturated carbocycles. The second-order valence-electron chi connectivity index (χ2n) is 6.06. The van der Waals surface area contributed by atoms with Crippen LogP contribution in [0.25, 0.3) is 0 Å². The van der Waals surface area contributed by atoms with E-state index < -0.39 is 16.9 Å². The number of pyridine rings is 1. The van der Waals surface area contributed by atoms with Crippen LogP contribution in [0.4, 0.5) is 5.69 Å². The van der Waals surface area contributed by atoms with Crippen molar-refractivity contribution < 1.29 is 9.90 Å². The summed E-state index contributed by atoms with van der Waals surface area (Å²) in [4.78, 5) is 15.7. The first-order valence-corrected chi connectivity index (χ1v) is 6.43. The van der Waals surface area contributed by atoms with E-state index in [9.17, 15) is 15.2 Å². The van der Waals surface area contributed by atoms with Gasteiger partial charge in [0.2, 0.25) is 0 Å². The van der Waals surface area contributed by atoms with Gasteiger partial charge in [-0.15, -0.1) is 0 Å². The topological polar surface area (TPSA) is 86.0 Å². The second kappa shape index (κ2) is 5.12. The van der Waals surface area contributed by atoms with Crippen LogP contribution in [0.1, 0.15) is 44.6 Å². The van der Waals surface area contributed by atoms with Gasteiger partial charge in [-0.3, -0.25) is 9.78 Å². The van der Waals surface area contributed by atoms with E-state index >= 15 is 0 Å². The Bertz CT molecular complexity index is 584. The summed E-state index contributed by atoms with van der Waals surface area (Å²) in [6.45, 7) is 10.6. The lowest BCUT2D eigenvalue weighted by Crippen LogP contribution is -2.50. The van der Waals surface area contributed by atoms with Crippen LogP contribution in [0, 0.1) is 30.6 Å². The fourth-order valence-electron chi connectivity index (χ4n) is 1.83. The molecule has 0 aliphatic heterocycles. The van der Waals surface area contributed by atoms with Crippen LogP contribution in [-0.4, -0.2) is 21.6 Å². The quantitative estimate of drug-likeness (QED) is 0.882. The number of anilines is 1. The lowest BCUT2D eigenvalue weighted by Gasteiger charge is -2.40. The first kappa shape index (κ1) is 16.0. The molecule has 0 aliphatic rings. The van der Waals surface area contributed by atoms with E-state index in [1.807, 2.05) is 20.8 Å². The van der Waals surface area contributed by atoms with Gasteiger partial charge in [0, 0.05) is 11.2 Å². The smallest absolute Gasteiger partial charge is 0.311 e. The molecule has 0 radical (unpaired) electrons. The zero-order valence-corrected chi connectivity index (χ0v) is 12.8. The van der Waals surface area contributed by atoms with Crippen LogP contribution in [0.2, 0.25) is 0 Å². The van der Waals surface area contributed by atoms with Crippen LogP contribution in [0.5, 0.6) is 0 Å². The maximum Gasteiger partial charge on any atom is 0.311 e. The third-order valence-electron chi connectivity index (χ3n) is 3.98. The average Bonchev–Trinajstić information content (AvgIpc) is 2.27. The van der Waals surface area contributed by atoms with Crippen LogP contribution in [-0.2, 0) is 4.79 Å². The second-order valence-corrected chi connectivity index (χ2v) is 6.06. The standard InChI is InChI=1S/C15H21N3O2/c1-9-7-12(11(8-16)10(2)17-9)18-15(5,6)14(3,4)13(19)20/h7H,1-6H3,(H,17,18)(H,19,20). The SMILES string of the molecule is Cc1cc(NC(C)(C)C(C)(C)C(=O)O)c(C#N)c(C)n1. The maximum absolute atomic E-state index is 11.4. The minimum absolute atomic E-state index is 0.449. The number of carbonyl (C=O) groups is 1. The Labute approximate surface area is 119 Å². The summed E-state index contributed by atoms with van der Waals surface area (Å²) in [6.07, 6.45) is 0. The summed E-state index contributed by atoms with van der Waals surface area (Å²) >= 11 is 0. The van der Waals surface area contributed by atoms with Crippen LogP contribution in [0.3, 0.4) is 0 Å². The number of hydrogen-bond donors (Lipinski definition) is 2. The molecule has 0 atom stereocenters. The fraction of sp³-hybridized carbons (Fsp3) is 0.533. The number of aromatic nitrogens is 1. The number of nitrogens with one attached hydrogen (secondary N) is 1. The van der Waals surface area contributed by atoms with Crippen molar-refractivity contribution in [1.82, 2.24) is 4.98 Å². The largest absolute Gasteiger partial charge is 0.481 e. The Morgan fingerprint density at radius 2 is 1.90 bits per heavy atom. The lowest BCUT2D eigenvalue weighted by molar-refractivity contribution is -0.149. The summed E-state index contributed by atoms with van der Waals surface area (Å²) in [5.41, 5.74) is 0.767. The van der Waals surface area contributed by atoms with Gasteiger partial charge < -0.3 is 10.4 Å². The number of nitriles is 1. The molecule has 1 aromatic heterocycles. The van der Waals surface area contributed by atoms with Gasteiger partial charge in [0.25, 0.3) is 0 Å².